The van der Waals surface area contributed by atoms with E-state index in [4.69, 9.17) is 0 Å². The number of carbonyl (C=O) groups excluding carboxylic acids is 1. The van der Waals surface area contributed by atoms with Gasteiger partial charge in [-0.05, 0) is 12.5 Å². The van der Waals surface area contributed by atoms with Crippen molar-refractivity contribution in [1.82, 2.24) is 20.4 Å². The summed E-state index contributed by atoms with van der Waals surface area (Å²) in [6.45, 7) is 4.47. The maximum Gasteiger partial charge on any atom is 0.221 e. The van der Waals surface area contributed by atoms with Gasteiger partial charge in [0.15, 0.2) is 0 Å². The predicted molar refractivity (Wildman–Crippen MR) is 67.0 cm³/mol. The van der Waals surface area contributed by atoms with Crippen molar-refractivity contribution in [2.75, 3.05) is 19.6 Å². The molecule has 6 nitrogen and oxygen atoms in total. The molecule has 0 saturated carbocycles. The van der Waals surface area contributed by atoms with Crippen molar-refractivity contribution in [1.29, 1.82) is 0 Å². The second-order valence-electron chi connectivity index (χ2n) is 4.82. The molecular formula is C12H20N4O2. The molecule has 2 atom stereocenters. The number of β-amino-alcohol motifs (C(OH)–C–C–N with tert-alkyl or cyclic N) is 1. The van der Waals surface area contributed by atoms with Crippen LogP contribution in [0, 0.1) is 12.8 Å². The molecule has 100 valence electrons. The van der Waals surface area contributed by atoms with Crippen LogP contribution in [0.1, 0.15) is 12.0 Å². The Bertz CT molecular complexity index is 405. The first-order valence-corrected chi connectivity index (χ1v) is 6.29. The first kappa shape index (κ1) is 13.0. The van der Waals surface area contributed by atoms with Gasteiger partial charge < -0.3 is 15.7 Å². The summed E-state index contributed by atoms with van der Waals surface area (Å²) < 4.78 is 1.76. The van der Waals surface area contributed by atoms with Gasteiger partial charge in [-0.15, -0.1) is 0 Å². The Balaban J connectivity index is 1.66. The summed E-state index contributed by atoms with van der Waals surface area (Å²) >= 11 is 0. The Hall–Kier alpha value is -1.40. The van der Waals surface area contributed by atoms with Crippen molar-refractivity contribution in [2.45, 2.75) is 26.0 Å². The van der Waals surface area contributed by atoms with Crippen LogP contribution in [0.5, 0.6) is 0 Å². The van der Waals surface area contributed by atoms with Crippen LogP contribution in [0.25, 0.3) is 0 Å². The lowest BCUT2D eigenvalue weighted by Gasteiger charge is -2.14. The zero-order chi connectivity index (χ0) is 13.0. The van der Waals surface area contributed by atoms with E-state index in [1.165, 1.54) is 0 Å². The SMILES string of the molecule is Cc1cnn(CCC(=O)NCC2CNCC2O)c1. The van der Waals surface area contributed by atoms with Crippen LogP contribution in [0.3, 0.4) is 0 Å². The maximum atomic E-state index is 11.6. The van der Waals surface area contributed by atoms with Gasteiger partial charge in [-0.3, -0.25) is 9.48 Å². The molecule has 1 aromatic heterocycles. The largest absolute Gasteiger partial charge is 0.391 e. The minimum atomic E-state index is -0.348. The van der Waals surface area contributed by atoms with Crippen LogP contribution in [0.4, 0.5) is 0 Å². The number of nitrogens with one attached hydrogen (secondary N) is 2. The Morgan fingerprint density at radius 3 is 3.11 bits per heavy atom. The lowest BCUT2D eigenvalue weighted by atomic mass is 10.1. The van der Waals surface area contributed by atoms with Gasteiger partial charge in [-0.2, -0.15) is 5.10 Å². The molecule has 3 N–H and O–H groups in total. The van der Waals surface area contributed by atoms with E-state index in [-0.39, 0.29) is 17.9 Å². The highest BCUT2D eigenvalue weighted by Crippen LogP contribution is 2.07. The van der Waals surface area contributed by atoms with Crippen molar-refractivity contribution in [2.24, 2.45) is 5.92 Å². The van der Waals surface area contributed by atoms with E-state index in [1.54, 1.807) is 10.9 Å². The zero-order valence-corrected chi connectivity index (χ0v) is 10.6. The molecule has 2 unspecified atom stereocenters. The number of hydrogen-bond donors (Lipinski definition) is 3. The predicted octanol–water partition coefficient (Wildman–Crippen LogP) is -0.722. The number of aromatic nitrogens is 2. The van der Waals surface area contributed by atoms with Gasteiger partial charge in [-0.1, -0.05) is 0 Å². The quantitative estimate of drug-likeness (QED) is 0.646. The molecule has 1 amide bonds. The van der Waals surface area contributed by atoms with Gasteiger partial charge >= 0.3 is 0 Å². The highest BCUT2D eigenvalue weighted by Gasteiger charge is 2.24. The van der Waals surface area contributed by atoms with Crippen LogP contribution < -0.4 is 10.6 Å². The van der Waals surface area contributed by atoms with Gasteiger partial charge in [-0.25, -0.2) is 0 Å². The molecule has 0 aromatic carbocycles. The number of carbonyl (C=O) groups is 1. The average Bonchev–Trinajstić information content (AvgIpc) is 2.93. The minimum absolute atomic E-state index is 0.00209. The van der Waals surface area contributed by atoms with Gasteiger partial charge in [0.25, 0.3) is 0 Å². The molecule has 1 aromatic rings. The lowest BCUT2D eigenvalue weighted by molar-refractivity contribution is -0.121. The summed E-state index contributed by atoms with van der Waals surface area (Å²) in [7, 11) is 0. The summed E-state index contributed by atoms with van der Waals surface area (Å²) in [5, 5.41) is 19.7. The van der Waals surface area contributed by atoms with Crippen molar-refractivity contribution in [3.63, 3.8) is 0 Å². The molecule has 0 bridgehead atoms. The Morgan fingerprint density at radius 1 is 1.67 bits per heavy atom. The highest BCUT2D eigenvalue weighted by atomic mass is 16.3. The van der Waals surface area contributed by atoms with Gasteiger partial charge in [0, 0.05) is 44.7 Å². The number of aliphatic hydroxyl groups excluding tert-OH is 1. The van der Waals surface area contributed by atoms with Crippen LogP contribution in [0.15, 0.2) is 12.4 Å². The molecule has 2 rings (SSSR count). The van der Waals surface area contributed by atoms with Crippen molar-refractivity contribution in [3.8, 4) is 0 Å². The number of nitrogens with zero attached hydrogens (tertiary/aromatic N) is 2. The first-order chi connectivity index (χ1) is 8.65. The molecule has 18 heavy (non-hydrogen) atoms. The van der Waals surface area contributed by atoms with Gasteiger partial charge in [0.1, 0.15) is 0 Å². The standard InChI is InChI=1S/C12H20N4O2/c1-9-4-15-16(8-9)3-2-12(18)14-6-10-5-13-7-11(10)17/h4,8,10-11,13,17H,2-3,5-7H2,1H3,(H,14,18). The van der Waals surface area contributed by atoms with Crippen molar-refractivity contribution >= 4 is 5.91 Å². The molecule has 6 heteroatoms. The van der Waals surface area contributed by atoms with E-state index in [0.29, 0.717) is 26.1 Å². The second kappa shape index (κ2) is 5.97. The topological polar surface area (TPSA) is 79.2 Å². The third-order valence-electron chi connectivity index (χ3n) is 3.20. The van der Waals surface area contributed by atoms with Crippen molar-refractivity contribution in [3.05, 3.63) is 18.0 Å². The van der Waals surface area contributed by atoms with Crippen LogP contribution in [0.2, 0.25) is 0 Å². The third-order valence-corrected chi connectivity index (χ3v) is 3.20. The summed E-state index contributed by atoms with van der Waals surface area (Å²) in [5.41, 5.74) is 1.09. The molecule has 0 spiro atoms. The molecule has 2 heterocycles. The Kier molecular flexibility index (Phi) is 4.33. The van der Waals surface area contributed by atoms with E-state index in [2.05, 4.69) is 15.7 Å². The number of aryl methyl sites for hydroxylation is 2. The van der Waals surface area contributed by atoms with E-state index >= 15 is 0 Å². The Labute approximate surface area is 106 Å². The van der Waals surface area contributed by atoms with Crippen LogP contribution >= 0.6 is 0 Å². The second-order valence-corrected chi connectivity index (χ2v) is 4.82. The van der Waals surface area contributed by atoms with Gasteiger partial charge in [0.05, 0.1) is 12.3 Å². The molecule has 0 radical (unpaired) electrons. The van der Waals surface area contributed by atoms with E-state index in [0.717, 1.165) is 12.1 Å². The van der Waals surface area contributed by atoms with Crippen molar-refractivity contribution < 1.29 is 9.90 Å². The van der Waals surface area contributed by atoms with E-state index < -0.39 is 0 Å². The average molecular weight is 252 g/mol. The fraction of sp³-hybridized carbons (Fsp3) is 0.667. The summed E-state index contributed by atoms with van der Waals surface area (Å²) in [6, 6.07) is 0. The monoisotopic (exact) mass is 252 g/mol. The molecular weight excluding hydrogens is 232 g/mol. The fourth-order valence-corrected chi connectivity index (χ4v) is 2.07. The number of hydrogen-bond acceptors (Lipinski definition) is 4. The van der Waals surface area contributed by atoms with Gasteiger partial charge in [0.2, 0.25) is 5.91 Å². The summed E-state index contributed by atoms with van der Waals surface area (Å²) in [4.78, 5) is 11.6. The smallest absolute Gasteiger partial charge is 0.221 e. The Morgan fingerprint density at radius 2 is 2.50 bits per heavy atom. The van der Waals surface area contributed by atoms with E-state index in [9.17, 15) is 9.90 Å². The van der Waals surface area contributed by atoms with Crippen LogP contribution in [-0.2, 0) is 11.3 Å². The van der Waals surface area contributed by atoms with E-state index in [1.807, 2.05) is 13.1 Å². The summed E-state index contributed by atoms with van der Waals surface area (Å²) in [5.74, 6) is 0.128. The molecule has 1 aliphatic rings. The zero-order valence-electron chi connectivity index (χ0n) is 10.6. The molecule has 1 saturated heterocycles. The number of amides is 1. The maximum absolute atomic E-state index is 11.6. The molecule has 0 aliphatic carbocycles. The third kappa shape index (κ3) is 3.54. The number of aliphatic hydroxyl groups is 1. The highest BCUT2D eigenvalue weighted by molar-refractivity contribution is 5.75. The molecule has 1 aliphatic heterocycles. The summed E-state index contributed by atoms with van der Waals surface area (Å²) in [6.07, 6.45) is 3.76. The molecule has 1 fully saturated rings. The normalized spacial score (nSPS) is 23.2. The minimum Gasteiger partial charge on any atom is -0.391 e. The number of rotatable bonds is 5. The fourth-order valence-electron chi connectivity index (χ4n) is 2.07. The first-order valence-electron chi connectivity index (χ1n) is 6.29. The lowest BCUT2D eigenvalue weighted by Crippen LogP contribution is -2.34. The van der Waals surface area contributed by atoms with Crippen LogP contribution in [-0.4, -0.2) is 46.5 Å².